The lowest BCUT2D eigenvalue weighted by molar-refractivity contribution is -0.144. The second-order valence-electron chi connectivity index (χ2n) is 10.1. The number of hydrogen-bond acceptors (Lipinski definition) is 4. The second-order valence-corrected chi connectivity index (χ2v) is 10.1. The van der Waals surface area contributed by atoms with E-state index in [1.54, 1.807) is 6.92 Å². The number of amides is 2. The second kappa shape index (κ2) is 10.5. The van der Waals surface area contributed by atoms with Crippen molar-refractivity contribution in [3.8, 4) is 11.1 Å². The van der Waals surface area contributed by atoms with Crippen LogP contribution in [0.3, 0.4) is 0 Å². The van der Waals surface area contributed by atoms with Crippen LogP contribution >= 0.6 is 0 Å². The summed E-state index contributed by atoms with van der Waals surface area (Å²) < 4.78 is 5.65. The predicted octanol–water partition coefficient (Wildman–Crippen LogP) is 4.56. The van der Waals surface area contributed by atoms with Gasteiger partial charge in [-0.1, -0.05) is 62.4 Å². The lowest BCUT2D eigenvalue weighted by Gasteiger charge is -2.25. The van der Waals surface area contributed by atoms with Gasteiger partial charge >= 0.3 is 12.1 Å². The molecule has 7 nitrogen and oxygen atoms in total. The van der Waals surface area contributed by atoms with Crippen molar-refractivity contribution in [3.05, 3.63) is 59.7 Å². The predicted molar refractivity (Wildman–Crippen MR) is 133 cm³/mol. The number of rotatable bonds is 10. The van der Waals surface area contributed by atoms with Crippen LogP contribution in [0.25, 0.3) is 11.1 Å². The Morgan fingerprint density at radius 3 is 2.03 bits per heavy atom. The van der Waals surface area contributed by atoms with E-state index in [1.165, 1.54) is 11.1 Å². The summed E-state index contributed by atoms with van der Waals surface area (Å²) in [6, 6.07) is 15.5. The minimum atomic E-state index is -0.927. The number of benzene rings is 2. The SMILES string of the molecule is CC(C)C(C(=O)O)C(C)NC(=O)CC(NC(=O)OCC1c2ccccc2-c2ccccc21)C1CC1. The van der Waals surface area contributed by atoms with E-state index in [9.17, 15) is 19.5 Å². The van der Waals surface area contributed by atoms with Gasteiger partial charge in [-0.05, 0) is 53.9 Å². The zero-order chi connectivity index (χ0) is 25.1. The molecule has 2 aliphatic rings. The third kappa shape index (κ3) is 5.66. The summed E-state index contributed by atoms with van der Waals surface area (Å²) in [6.45, 7) is 5.58. The van der Waals surface area contributed by atoms with Gasteiger partial charge in [0.05, 0.1) is 5.92 Å². The fourth-order valence-corrected chi connectivity index (χ4v) is 5.30. The monoisotopic (exact) mass is 478 g/mol. The fraction of sp³-hybridized carbons (Fsp3) is 0.464. The van der Waals surface area contributed by atoms with Crippen molar-refractivity contribution in [2.75, 3.05) is 6.61 Å². The molecular formula is C28H34N2O5. The van der Waals surface area contributed by atoms with E-state index in [1.807, 2.05) is 38.1 Å². The zero-order valence-electron chi connectivity index (χ0n) is 20.5. The molecule has 0 spiro atoms. The molecule has 2 aliphatic carbocycles. The number of fused-ring (bicyclic) bond motifs is 3. The van der Waals surface area contributed by atoms with E-state index in [4.69, 9.17) is 4.74 Å². The van der Waals surface area contributed by atoms with Gasteiger partial charge in [0, 0.05) is 24.4 Å². The highest BCUT2D eigenvalue weighted by Crippen LogP contribution is 2.44. The maximum atomic E-state index is 12.7. The van der Waals surface area contributed by atoms with E-state index in [2.05, 4.69) is 34.9 Å². The summed E-state index contributed by atoms with van der Waals surface area (Å²) >= 11 is 0. The summed E-state index contributed by atoms with van der Waals surface area (Å²) in [5.74, 6) is -1.77. The van der Waals surface area contributed by atoms with Gasteiger partial charge in [0.1, 0.15) is 6.61 Å². The summed E-state index contributed by atoms with van der Waals surface area (Å²) in [5.41, 5.74) is 4.62. The third-order valence-electron chi connectivity index (χ3n) is 7.17. The van der Waals surface area contributed by atoms with Crippen LogP contribution in [-0.4, -0.2) is 41.8 Å². The number of hydrogen-bond donors (Lipinski definition) is 3. The Kier molecular flexibility index (Phi) is 7.43. The molecule has 1 saturated carbocycles. The largest absolute Gasteiger partial charge is 0.481 e. The molecule has 1 fully saturated rings. The molecule has 0 aliphatic heterocycles. The molecule has 35 heavy (non-hydrogen) atoms. The Balaban J connectivity index is 1.34. The summed E-state index contributed by atoms with van der Waals surface area (Å²) in [7, 11) is 0. The van der Waals surface area contributed by atoms with E-state index >= 15 is 0 Å². The standard InChI is InChI=1S/C28H34N2O5/c1-16(2)26(27(32)33)17(3)29-25(31)14-24(18-12-13-18)30-28(34)35-15-23-21-10-6-4-8-19(21)20-9-5-7-11-22(20)23/h4-11,16-18,23-24,26H,12-15H2,1-3H3,(H,29,31)(H,30,34)(H,32,33). The maximum Gasteiger partial charge on any atom is 0.407 e. The molecular weight excluding hydrogens is 444 g/mol. The first-order valence-electron chi connectivity index (χ1n) is 12.4. The van der Waals surface area contributed by atoms with Crippen molar-refractivity contribution in [2.45, 2.75) is 58.0 Å². The molecule has 186 valence electrons. The Hall–Kier alpha value is -3.35. The van der Waals surface area contributed by atoms with Crippen LogP contribution in [-0.2, 0) is 14.3 Å². The molecule has 7 heteroatoms. The van der Waals surface area contributed by atoms with Crippen LogP contribution in [0.5, 0.6) is 0 Å². The summed E-state index contributed by atoms with van der Waals surface area (Å²) in [4.78, 5) is 36.9. The van der Waals surface area contributed by atoms with Crippen molar-refractivity contribution in [3.63, 3.8) is 0 Å². The first kappa shape index (κ1) is 24.8. The highest BCUT2D eigenvalue weighted by molar-refractivity contribution is 5.80. The van der Waals surface area contributed by atoms with Crippen molar-refractivity contribution < 1.29 is 24.2 Å². The first-order chi connectivity index (χ1) is 16.8. The first-order valence-corrected chi connectivity index (χ1v) is 12.4. The molecule has 0 saturated heterocycles. The van der Waals surface area contributed by atoms with E-state index < -0.39 is 24.0 Å². The maximum absolute atomic E-state index is 12.7. The minimum absolute atomic E-state index is 0.0272. The molecule has 3 unspecified atom stereocenters. The normalized spacial score (nSPS) is 17.1. The Labute approximate surface area is 206 Å². The van der Waals surface area contributed by atoms with Gasteiger partial charge in [-0.3, -0.25) is 9.59 Å². The Bertz CT molecular complexity index is 1050. The highest BCUT2D eigenvalue weighted by atomic mass is 16.5. The number of carbonyl (C=O) groups excluding carboxylic acids is 2. The lowest BCUT2D eigenvalue weighted by Crippen LogP contribution is -2.46. The van der Waals surface area contributed by atoms with Gasteiger partial charge in [0.25, 0.3) is 0 Å². The number of nitrogens with one attached hydrogen (secondary N) is 2. The number of carboxylic acid groups (broad SMARTS) is 1. The molecule has 0 bridgehead atoms. The fourth-order valence-electron chi connectivity index (χ4n) is 5.30. The van der Waals surface area contributed by atoms with Crippen LogP contribution in [0.15, 0.2) is 48.5 Å². The van der Waals surface area contributed by atoms with E-state index in [0.29, 0.717) is 0 Å². The van der Waals surface area contributed by atoms with Gasteiger partial charge in [-0.2, -0.15) is 0 Å². The highest BCUT2D eigenvalue weighted by Gasteiger charge is 2.36. The van der Waals surface area contributed by atoms with Gasteiger partial charge in [-0.15, -0.1) is 0 Å². The van der Waals surface area contributed by atoms with Gasteiger partial charge in [0.15, 0.2) is 0 Å². The quantitative estimate of drug-likeness (QED) is 0.465. The van der Waals surface area contributed by atoms with E-state index in [0.717, 1.165) is 24.0 Å². The molecule has 2 aromatic carbocycles. The number of alkyl carbamates (subject to hydrolysis) is 1. The van der Waals surface area contributed by atoms with Crippen molar-refractivity contribution in [1.82, 2.24) is 10.6 Å². The van der Waals surface area contributed by atoms with Gasteiger partial charge < -0.3 is 20.5 Å². The smallest absolute Gasteiger partial charge is 0.407 e. The average molecular weight is 479 g/mol. The minimum Gasteiger partial charge on any atom is -0.481 e. The molecule has 3 atom stereocenters. The lowest BCUT2D eigenvalue weighted by atomic mass is 9.89. The van der Waals surface area contributed by atoms with Crippen molar-refractivity contribution in [2.24, 2.45) is 17.8 Å². The van der Waals surface area contributed by atoms with Gasteiger partial charge in [-0.25, -0.2) is 4.79 Å². The number of carboxylic acids is 1. The van der Waals surface area contributed by atoms with Crippen molar-refractivity contribution >= 4 is 18.0 Å². The van der Waals surface area contributed by atoms with Crippen LogP contribution in [0.4, 0.5) is 4.79 Å². The third-order valence-corrected chi connectivity index (χ3v) is 7.17. The topological polar surface area (TPSA) is 105 Å². The molecule has 0 aromatic heterocycles. The molecule has 2 amide bonds. The average Bonchev–Trinajstić information content (AvgIpc) is 3.60. The summed E-state index contributed by atoms with van der Waals surface area (Å²) in [5, 5.41) is 15.2. The van der Waals surface area contributed by atoms with Crippen LogP contribution in [0.1, 0.15) is 57.1 Å². The van der Waals surface area contributed by atoms with Crippen LogP contribution in [0, 0.1) is 17.8 Å². The van der Waals surface area contributed by atoms with Crippen LogP contribution < -0.4 is 10.6 Å². The molecule has 0 radical (unpaired) electrons. The van der Waals surface area contributed by atoms with Crippen LogP contribution in [0.2, 0.25) is 0 Å². The zero-order valence-corrected chi connectivity index (χ0v) is 20.5. The molecule has 4 rings (SSSR count). The number of carbonyl (C=O) groups is 3. The number of ether oxygens (including phenoxy) is 1. The Morgan fingerprint density at radius 2 is 1.51 bits per heavy atom. The van der Waals surface area contributed by atoms with Crippen molar-refractivity contribution in [1.29, 1.82) is 0 Å². The molecule has 0 heterocycles. The van der Waals surface area contributed by atoms with Gasteiger partial charge in [0.2, 0.25) is 5.91 Å². The summed E-state index contributed by atoms with van der Waals surface area (Å²) in [6.07, 6.45) is 1.46. The number of aliphatic carboxylic acids is 1. The molecule has 3 N–H and O–H groups in total. The Morgan fingerprint density at radius 1 is 0.943 bits per heavy atom. The molecule has 2 aromatic rings. The van der Waals surface area contributed by atoms with E-state index in [-0.39, 0.29) is 42.7 Å².